The number of amides is 2. The smallest absolute Gasteiger partial charge is 0.255 e. The van der Waals surface area contributed by atoms with Crippen LogP contribution in [0, 0.1) is 5.92 Å². The molecule has 3 rings (SSSR count). The minimum Gasteiger partial charge on any atom is -0.370 e. The number of hydrogen-bond acceptors (Lipinski definition) is 4. The first-order chi connectivity index (χ1) is 13.5. The van der Waals surface area contributed by atoms with Gasteiger partial charge in [0.15, 0.2) is 0 Å². The van der Waals surface area contributed by atoms with Crippen LogP contribution in [0.5, 0.6) is 0 Å². The highest BCUT2D eigenvalue weighted by atomic mass is 16.5. The molecule has 2 heterocycles. The van der Waals surface area contributed by atoms with Crippen LogP contribution >= 0.6 is 0 Å². The third kappa shape index (κ3) is 5.39. The first-order valence-electron chi connectivity index (χ1n) is 9.65. The van der Waals surface area contributed by atoms with Gasteiger partial charge in [0.2, 0.25) is 5.91 Å². The average molecular weight is 381 g/mol. The molecule has 1 atom stereocenters. The Balaban J connectivity index is 1.75. The number of nitrogens with zero attached hydrogens (tertiary/aromatic N) is 3. The molecule has 6 heteroatoms. The van der Waals surface area contributed by atoms with Gasteiger partial charge in [-0.05, 0) is 23.6 Å². The van der Waals surface area contributed by atoms with E-state index in [4.69, 9.17) is 4.74 Å². The monoisotopic (exact) mass is 381 g/mol. The quantitative estimate of drug-likeness (QED) is 0.772. The zero-order chi connectivity index (χ0) is 19.9. The predicted octanol–water partition coefficient (Wildman–Crippen LogP) is 2.61. The van der Waals surface area contributed by atoms with Crippen molar-refractivity contribution in [1.29, 1.82) is 0 Å². The summed E-state index contributed by atoms with van der Waals surface area (Å²) in [5.41, 5.74) is 1.55. The van der Waals surface area contributed by atoms with E-state index >= 15 is 0 Å². The third-order valence-corrected chi connectivity index (χ3v) is 4.64. The molecule has 0 radical (unpaired) electrons. The lowest BCUT2D eigenvalue weighted by Crippen LogP contribution is -2.40. The van der Waals surface area contributed by atoms with Gasteiger partial charge in [-0.1, -0.05) is 44.2 Å². The predicted molar refractivity (Wildman–Crippen MR) is 107 cm³/mol. The van der Waals surface area contributed by atoms with E-state index in [1.165, 1.54) is 6.20 Å². The molecule has 0 bridgehead atoms. The van der Waals surface area contributed by atoms with E-state index in [9.17, 15) is 9.59 Å². The first kappa shape index (κ1) is 20.0. The standard InChI is InChI=1S/C22H27N3O3/c1-17(2)12-24-13-20(28-16-18-7-4-3-5-8-18)14-25(15-21(24)26)22(27)19-9-6-10-23-11-19/h3-11,17,20H,12-16H2,1-2H3/t20-/m0/s1. The Hall–Kier alpha value is -2.73. The van der Waals surface area contributed by atoms with E-state index in [0.717, 1.165) is 5.56 Å². The molecule has 0 unspecified atom stereocenters. The maximum atomic E-state index is 12.9. The molecule has 148 valence electrons. The summed E-state index contributed by atoms with van der Waals surface area (Å²) < 4.78 is 6.12. The van der Waals surface area contributed by atoms with E-state index in [2.05, 4.69) is 18.8 Å². The van der Waals surface area contributed by atoms with Gasteiger partial charge in [-0.15, -0.1) is 0 Å². The molecule has 1 fully saturated rings. The van der Waals surface area contributed by atoms with Crippen molar-refractivity contribution >= 4 is 11.8 Å². The van der Waals surface area contributed by atoms with Gasteiger partial charge in [0.1, 0.15) is 6.54 Å². The highest BCUT2D eigenvalue weighted by Crippen LogP contribution is 2.15. The highest BCUT2D eigenvalue weighted by molar-refractivity contribution is 5.96. The van der Waals surface area contributed by atoms with Crippen molar-refractivity contribution in [1.82, 2.24) is 14.8 Å². The van der Waals surface area contributed by atoms with Crippen LogP contribution in [0.4, 0.5) is 0 Å². The summed E-state index contributed by atoms with van der Waals surface area (Å²) in [5.74, 6) is 0.109. The van der Waals surface area contributed by atoms with Gasteiger partial charge in [-0.25, -0.2) is 0 Å². The lowest BCUT2D eigenvalue weighted by atomic mass is 10.2. The minimum absolute atomic E-state index is 0.0447. The van der Waals surface area contributed by atoms with Crippen molar-refractivity contribution in [3.8, 4) is 0 Å². The van der Waals surface area contributed by atoms with E-state index in [1.54, 1.807) is 23.2 Å². The fourth-order valence-electron chi connectivity index (χ4n) is 3.32. The Morgan fingerprint density at radius 2 is 1.96 bits per heavy atom. The second kappa shape index (κ2) is 9.46. The van der Waals surface area contributed by atoms with Crippen LogP contribution in [0.2, 0.25) is 0 Å². The normalized spacial score (nSPS) is 17.7. The summed E-state index contributed by atoms with van der Waals surface area (Å²) in [6, 6.07) is 13.4. The molecule has 1 aliphatic heterocycles. The molecule has 0 N–H and O–H groups in total. The number of benzene rings is 1. The number of pyridine rings is 1. The molecular weight excluding hydrogens is 354 g/mol. The minimum atomic E-state index is -0.244. The number of rotatable bonds is 6. The molecule has 2 aromatic rings. The van der Waals surface area contributed by atoms with Crippen molar-refractivity contribution in [2.45, 2.75) is 26.6 Å². The number of hydrogen-bond donors (Lipinski definition) is 0. The van der Waals surface area contributed by atoms with Crippen LogP contribution in [0.3, 0.4) is 0 Å². The van der Waals surface area contributed by atoms with Crippen molar-refractivity contribution in [3.05, 3.63) is 66.0 Å². The van der Waals surface area contributed by atoms with Crippen LogP contribution in [0.1, 0.15) is 29.8 Å². The van der Waals surface area contributed by atoms with Crippen LogP contribution < -0.4 is 0 Å². The lowest BCUT2D eigenvalue weighted by molar-refractivity contribution is -0.132. The van der Waals surface area contributed by atoms with Gasteiger partial charge in [0.25, 0.3) is 5.91 Å². The van der Waals surface area contributed by atoms with Gasteiger partial charge in [0.05, 0.1) is 18.3 Å². The molecule has 1 aromatic heterocycles. The molecule has 0 aliphatic carbocycles. The van der Waals surface area contributed by atoms with Gasteiger partial charge in [-0.3, -0.25) is 14.6 Å². The molecule has 28 heavy (non-hydrogen) atoms. The Kier molecular flexibility index (Phi) is 6.76. The number of carbonyl (C=O) groups is 2. The zero-order valence-corrected chi connectivity index (χ0v) is 16.5. The maximum absolute atomic E-state index is 12.9. The third-order valence-electron chi connectivity index (χ3n) is 4.64. The van der Waals surface area contributed by atoms with E-state index in [0.29, 0.717) is 37.7 Å². The van der Waals surface area contributed by atoms with Gasteiger partial charge >= 0.3 is 0 Å². The van der Waals surface area contributed by atoms with Gasteiger partial charge < -0.3 is 14.5 Å². The van der Waals surface area contributed by atoms with E-state index in [-0.39, 0.29) is 24.5 Å². The van der Waals surface area contributed by atoms with Crippen LogP contribution in [0.25, 0.3) is 0 Å². The highest BCUT2D eigenvalue weighted by Gasteiger charge is 2.31. The molecule has 2 amide bonds. The van der Waals surface area contributed by atoms with Crippen molar-refractivity contribution < 1.29 is 14.3 Å². The topological polar surface area (TPSA) is 62.7 Å². The maximum Gasteiger partial charge on any atom is 0.255 e. The van der Waals surface area contributed by atoms with E-state index < -0.39 is 0 Å². The van der Waals surface area contributed by atoms with Crippen molar-refractivity contribution in [2.24, 2.45) is 5.92 Å². The molecule has 1 aliphatic rings. The Labute approximate surface area is 166 Å². The summed E-state index contributed by atoms with van der Waals surface area (Å²) >= 11 is 0. The van der Waals surface area contributed by atoms with Crippen molar-refractivity contribution in [3.63, 3.8) is 0 Å². The molecule has 6 nitrogen and oxygen atoms in total. The second-order valence-electron chi connectivity index (χ2n) is 7.54. The largest absolute Gasteiger partial charge is 0.370 e. The average Bonchev–Trinajstić information content (AvgIpc) is 2.86. The van der Waals surface area contributed by atoms with Crippen LogP contribution in [0.15, 0.2) is 54.9 Å². The summed E-state index contributed by atoms with van der Waals surface area (Å²) in [7, 11) is 0. The lowest BCUT2D eigenvalue weighted by Gasteiger charge is -2.26. The summed E-state index contributed by atoms with van der Waals surface area (Å²) in [6.07, 6.45) is 2.91. The molecule has 0 spiro atoms. The fraction of sp³-hybridized carbons (Fsp3) is 0.409. The number of carbonyl (C=O) groups excluding carboxylic acids is 2. The summed E-state index contributed by atoms with van der Waals surface area (Å²) in [4.78, 5) is 33.1. The van der Waals surface area contributed by atoms with Gasteiger partial charge in [0, 0.05) is 32.0 Å². The van der Waals surface area contributed by atoms with Crippen LogP contribution in [-0.4, -0.2) is 58.9 Å². The summed E-state index contributed by atoms with van der Waals surface area (Å²) in [5, 5.41) is 0. The Morgan fingerprint density at radius 1 is 1.18 bits per heavy atom. The molecule has 1 saturated heterocycles. The Morgan fingerprint density at radius 3 is 2.64 bits per heavy atom. The van der Waals surface area contributed by atoms with Crippen molar-refractivity contribution in [2.75, 3.05) is 26.2 Å². The molecule has 0 saturated carbocycles. The SMILES string of the molecule is CC(C)CN1C[C@H](OCc2ccccc2)CN(C(=O)c2cccnc2)CC1=O. The van der Waals surface area contributed by atoms with Gasteiger partial charge in [-0.2, -0.15) is 0 Å². The zero-order valence-electron chi connectivity index (χ0n) is 16.5. The van der Waals surface area contributed by atoms with E-state index in [1.807, 2.05) is 35.2 Å². The number of ether oxygens (including phenoxy) is 1. The molecule has 1 aromatic carbocycles. The number of aromatic nitrogens is 1. The second-order valence-corrected chi connectivity index (χ2v) is 7.54. The first-order valence-corrected chi connectivity index (χ1v) is 9.65. The molecular formula is C22H27N3O3. The van der Waals surface area contributed by atoms with Crippen LogP contribution in [-0.2, 0) is 16.1 Å². The Bertz CT molecular complexity index is 780. The summed E-state index contributed by atoms with van der Waals surface area (Å²) in [6.45, 7) is 6.18. The fourth-order valence-corrected chi connectivity index (χ4v) is 3.32.